The topological polar surface area (TPSA) is 157 Å². The first-order valence-corrected chi connectivity index (χ1v) is 12.8. The van der Waals surface area contributed by atoms with Gasteiger partial charge >= 0.3 is 0 Å². The normalized spacial score (nSPS) is 27.4. The van der Waals surface area contributed by atoms with Gasteiger partial charge in [-0.2, -0.15) is 0 Å². The summed E-state index contributed by atoms with van der Waals surface area (Å²) in [5.41, 5.74) is 0.0364. The Kier molecular flexibility index (Phi) is 7.96. The zero-order valence-corrected chi connectivity index (χ0v) is 21.6. The van der Waals surface area contributed by atoms with Gasteiger partial charge in [0.05, 0.1) is 38.1 Å². The molecule has 0 spiro atoms. The molecule has 0 amide bonds. The van der Waals surface area contributed by atoms with Gasteiger partial charge in [-0.25, -0.2) is 0 Å². The minimum atomic E-state index is -0.847. The van der Waals surface area contributed by atoms with Crippen molar-refractivity contribution in [3.63, 3.8) is 0 Å². The van der Waals surface area contributed by atoms with Crippen LogP contribution in [0.15, 0.2) is 45.6 Å². The van der Waals surface area contributed by atoms with Crippen LogP contribution in [0.1, 0.15) is 32.6 Å². The summed E-state index contributed by atoms with van der Waals surface area (Å²) in [4.78, 5) is 12.8. The molecule has 2 saturated heterocycles. The Hall–Kier alpha value is -3.35. The van der Waals surface area contributed by atoms with Crippen molar-refractivity contribution < 1.29 is 48.5 Å². The highest BCUT2D eigenvalue weighted by molar-refractivity contribution is 5.86. The molecule has 2 fully saturated rings. The van der Waals surface area contributed by atoms with Crippen LogP contribution in [0.4, 0.5) is 0 Å². The molecule has 210 valence electrons. The van der Waals surface area contributed by atoms with Crippen LogP contribution in [0.2, 0.25) is 0 Å². The van der Waals surface area contributed by atoms with Gasteiger partial charge < -0.3 is 48.5 Å². The average molecular weight is 545 g/mol. The summed E-state index contributed by atoms with van der Waals surface area (Å²) >= 11 is 0. The summed E-state index contributed by atoms with van der Waals surface area (Å²) in [5, 5.41) is 40.9. The minimum Gasteiger partial charge on any atom is -0.507 e. The third kappa shape index (κ3) is 6.13. The van der Waals surface area contributed by atoms with Gasteiger partial charge in [0.15, 0.2) is 23.2 Å². The van der Waals surface area contributed by atoms with Crippen molar-refractivity contribution in [3.05, 3.63) is 46.6 Å². The summed E-state index contributed by atoms with van der Waals surface area (Å²) in [6.07, 6.45) is -1.65. The highest BCUT2D eigenvalue weighted by Gasteiger charge is 2.32. The lowest BCUT2D eigenvalue weighted by atomic mass is 10.1. The number of hydrogen-bond acceptors (Lipinski definition) is 11. The third-order valence-electron chi connectivity index (χ3n) is 6.93. The van der Waals surface area contributed by atoms with Gasteiger partial charge in [-0.3, -0.25) is 4.79 Å². The van der Waals surface area contributed by atoms with Crippen molar-refractivity contribution >= 4 is 11.0 Å². The van der Waals surface area contributed by atoms with E-state index < -0.39 is 36.3 Å². The molecule has 0 saturated carbocycles. The highest BCUT2D eigenvalue weighted by atomic mass is 16.7. The van der Waals surface area contributed by atoms with Crippen molar-refractivity contribution in [3.8, 4) is 34.3 Å². The molecule has 0 radical (unpaired) electrons. The Morgan fingerprint density at radius 3 is 2.54 bits per heavy atom. The molecule has 0 bridgehead atoms. The predicted octanol–water partition coefficient (Wildman–Crippen LogP) is 3.03. The molecule has 5 rings (SSSR count). The summed E-state index contributed by atoms with van der Waals surface area (Å²) in [6, 6.07) is 8.56. The number of fused-ring (bicyclic) bond motifs is 1. The van der Waals surface area contributed by atoms with E-state index in [1.54, 1.807) is 19.1 Å². The third-order valence-corrected chi connectivity index (χ3v) is 6.93. The zero-order valence-electron chi connectivity index (χ0n) is 21.6. The van der Waals surface area contributed by atoms with Gasteiger partial charge in [0.1, 0.15) is 28.2 Å². The van der Waals surface area contributed by atoms with Crippen LogP contribution < -0.4 is 14.9 Å². The van der Waals surface area contributed by atoms with Crippen molar-refractivity contribution in [2.75, 3.05) is 13.7 Å². The molecule has 2 aliphatic heterocycles. The number of phenolic OH excluding ortho intramolecular Hbond substituents is 2. The van der Waals surface area contributed by atoms with Crippen molar-refractivity contribution in [2.45, 2.75) is 69.6 Å². The molecule has 3 aromatic rings. The van der Waals surface area contributed by atoms with E-state index in [4.69, 9.17) is 28.1 Å². The van der Waals surface area contributed by atoms with E-state index in [1.165, 1.54) is 31.4 Å². The second-order valence-electron chi connectivity index (χ2n) is 9.86. The van der Waals surface area contributed by atoms with Crippen molar-refractivity contribution in [1.29, 1.82) is 0 Å². The van der Waals surface area contributed by atoms with E-state index >= 15 is 0 Å². The molecule has 11 nitrogen and oxygen atoms in total. The molecule has 1 aromatic heterocycles. The van der Waals surface area contributed by atoms with Crippen LogP contribution in [0.5, 0.6) is 23.0 Å². The number of methoxy groups -OCH3 is 1. The Morgan fingerprint density at radius 1 is 0.974 bits per heavy atom. The number of rotatable bonds is 7. The molecule has 39 heavy (non-hydrogen) atoms. The highest BCUT2D eigenvalue weighted by Crippen LogP contribution is 2.35. The van der Waals surface area contributed by atoms with E-state index in [0.717, 1.165) is 0 Å². The Balaban J connectivity index is 1.31. The zero-order chi connectivity index (χ0) is 27.7. The summed E-state index contributed by atoms with van der Waals surface area (Å²) < 4.78 is 34.3. The van der Waals surface area contributed by atoms with Gasteiger partial charge in [-0.1, -0.05) is 0 Å². The number of hydrogen-bond donors (Lipinski definition) is 4. The Labute approximate surface area is 224 Å². The molecule has 0 unspecified atom stereocenters. The van der Waals surface area contributed by atoms with Crippen LogP contribution >= 0.6 is 0 Å². The average Bonchev–Trinajstić information content (AvgIpc) is 2.88. The number of benzene rings is 2. The second-order valence-corrected chi connectivity index (χ2v) is 9.86. The molecule has 11 heteroatoms. The van der Waals surface area contributed by atoms with Gasteiger partial charge in [-0.05, 0) is 31.5 Å². The first-order valence-electron chi connectivity index (χ1n) is 12.8. The lowest BCUT2D eigenvalue weighted by Crippen LogP contribution is -2.43. The lowest BCUT2D eigenvalue weighted by Gasteiger charge is -2.35. The fraction of sp³-hybridized carbons (Fsp3) is 0.464. The van der Waals surface area contributed by atoms with E-state index in [9.17, 15) is 25.2 Å². The maximum atomic E-state index is 12.8. The summed E-state index contributed by atoms with van der Waals surface area (Å²) in [7, 11) is 1.43. The number of aliphatic hydroxyl groups excluding tert-OH is 2. The maximum absolute atomic E-state index is 12.8. The number of aromatic hydroxyl groups is 2. The standard InChI is InChI=1S/C28H32O11/c1-14-19(30)4-6-26(36-14)35-13-18-8-16(29)9-27(38-18)37-17-10-21(32)28-22(33)12-24(39-25(28)11-17)15-3-5-23(34-2)20(31)7-15/h3,5,7,10-12,14,16,18-19,26-27,29-32H,4,6,8-9,13H2,1-2H3/t14-,16-,18-,19+,26+,27+/m0/s1. The van der Waals surface area contributed by atoms with E-state index in [0.29, 0.717) is 24.8 Å². The lowest BCUT2D eigenvalue weighted by molar-refractivity contribution is -0.245. The SMILES string of the molecule is COc1ccc(-c2cc(=O)c3c(O)cc(O[C@H]4C[C@@H](O)C[C@@H](CO[C@H]5CC[C@@H](O)[C@H](C)O5)O4)cc3o2)cc1O. The molecule has 2 aromatic carbocycles. The second kappa shape index (κ2) is 11.4. The van der Waals surface area contributed by atoms with E-state index in [-0.39, 0.29) is 58.9 Å². The largest absolute Gasteiger partial charge is 0.507 e. The van der Waals surface area contributed by atoms with Crippen LogP contribution in [-0.4, -0.2) is 71.1 Å². The van der Waals surface area contributed by atoms with Crippen molar-refractivity contribution in [1.82, 2.24) is 0 Å². The molecular formula is C28H32O11. The number of ether oxygens (including phenoxy) is 5. The van der Waals surface area contributed by atoms with Crippen LogP contribution in [0.25, 0.3) is 22.3 Å². The summed E-state index contributed by atoms with van der Waals surface area (Å²) in [5.74, 6) is 0.173. The molecule has 0 aliphatic carbocycles. The Bertz CT molecular complexity index is 1370. The first kappa shape index (κ1) is 27.2. The van der Waals surface area contributed by atoms with Crippen LogP contribution in [0.3, 0.4) is 0 Å². The van der Waals surface area contributed by atoms with Crippen molar-refractivity contribution in [2.24, 2.45) is 0 Å². The molecular weight excluding hydrogens is 512 g/mol. The van der Waals surface area contributed by atoms with Gasteiger partial charge in [0, 0.05) is 43.0 Å². The smallest absolute Gasteiger partial charge is 0.202 e. The fourth-order valence-electron chi connectivity index (χ4n) is 4.86. The molecule has 6 atom stereocenters. The van der Waals surface area contributed by atoms with Gasteiger partial charge in [0.2, 0.25) is 6.29 Å². The minimum absolute atomic E-state index is 0.0217. The molecule has 4 N–H and O–H groups in total. The quantitative estimate of drug-likeness (QED) is 0.347. The van der Waals surface area contributed by atoms with Gasteiger partial charge in [0.25, 0.3) is 0 Å². The maximum Gasteiger partial charge on any atom is 0.202 e. The molecule has 3 heterocycles. The predicted molar refractivity (Wildman–Crippen MR) is 138 cm³/mol. The summed E-state index contributed by atoms with van der Waals surface area (Å²) in [6.45, 7) is 1.95. The van der Waals surface area contributed by atoms with Crippen LogP contribution in [-0.2, 0) is 14.2 Å². The van der Waals surface area contributed by atoms with Gasteiger partial charge in [-0.15, -0.1) is 0 Å². The fourth-order valence-corrected chi connectivity index (χ4v) is 4.86. The molecule has 2 aliphatic rings. The number of aliphatic hydroxyl groups is 2. The van der Waals surface area contributed by atoms with E-state index in [2.05, 4.69) is 0 Å². The van der Waals surface area contributed by atoms with Crippen LogP contribution in [0, 0.1) is 0 Å². The van der Waals surface area contributed by atoms with E-state index in [1.807, 2.05) is 0 Å². The first-order chi connectivity index (χ1) is 18.7. The Morgan fingerprint density at radius 2 is 1.79 bits per heavy atom. The number of phenols is 2. The monoisotopic (exact) mass is 544 g/mol.